The minimum atomic E-state index is -1.07. The summed E-state index contributed by atoms with van der Waals surface area (Å²) >= 11 is 7.08. The van der Waals surface area contributed by atoms with E-state index in [-0.39, 0.29) is 40.8 Å². The molecule has 1 aliphatic rings. The molecular weight excluding hydrogens is 499 g/mol. The Morgan fingerprint density at radius 2 is 1.86 bits per heavy atom. The largest absolute Gasteiger partial charge is 0.455 e. The molecule has 8 nitrogen and oxygen atoms in total. The van der Waals surface area contributed by atoms with E-state index in [9.17, 15) is 18.8 Å². The fourth-order valence-electron chi connectivity index (χ4n) is 3.39. The number of nitrogens with two attached hydrogens (primary N) is 1. The van der Waals surface area contributed by atoms with Crippen molar-refractivity contribution < 1.29 is 33.0 Å². The Bertz CT molecular complexity index is 1300. The lowest BCUT2D eigenvalue weighted by atomic mass is 10.0. The lowest BCUT2D eigenvalue weighted by molar-refractivity contribution is -0.157. The van der Waals surface area contributed by atoms with Gasteiger partial charge in [0.1, 0.15) is 12.4 Å². The number of ether oxygens (including phenoxy) is 3. The van der Waals surface area contributed by atoms with E-state index < -0.39 is 30.5 Å². The Balaban J connectivity index is 1.54. The number of halogens is 2. The van der Waals surface area contributed by atoms with Gasteiger partial charge in [-0.3, -0.25) is 4.79 Å². The SMILES string of the molecule is NC(=O)N1C(=O)/C(=C(/OCOC(=O)COCc2ccccc2)c2cccs2)c2cc(F)c(Cl)cc21. The molecule has 0 bridgehead atoms. The molecule has 3 amide bonds. The lowest BCUT2D eigenvalue weighted by Gasteiger charge is -2.13. The number of primary amides is 1. The van der Waals surface area contributed by atoms with Gasteiger partial charge in [0, 0.05) is 5.56 Å². The normalized spacial score (nSPS) is 14.0. The van der Waals surface area contributed by atoms with Crippen molar-refractivity contribution in [2.75, 3.05) is 18.3 Å². The monoisotopic (exact) mass is 516 g/mol. The predicted molar refractivity (Wildman–Crippen MR) is 128 cm³/mol. The molecule has 2 N–H and O–H groups in total. The molecule has 11 heteroatoms. The van der Waals surface area contributed by atoms with Gasteiger partial charge in [-0.1, -0.05) is 48.0 Å². The molecule has 0 aliphatic carbocycles. The first-order valence-corrected chi connectivity index (χ1v) is 11.4. The van der Waals surface area contributed by atoms with Gasteiger partial charge in [0.2, 0.25) is 6.79 Å². The first-order valence-electron chi connectivity index (χ1n) is 10.2. The molecule has 3 aromatic rings. The maximum absolute atomic E-state index is 14.3. The van der Waals surface area contributed by atoms with Gasteiger partial charge in [-0.2, -0.15) is 0 Å². The number of rotatable bonds is 8. The van der Waals surface area contributed by atoms with Gasteiger partial charge in [0.15, 0.2) is 5.76 Å². The quantitative estimate of drug-likeness (QED) is 0.203. The summed E-state index contributed by atoms with van der Waals surface area (Å²) in [7, 11) is 0. The summed E-state index contributed by atoms with van der Waals surface area (Å²) in [5.74, 6) is -2.31. The van der Waals surface area contributed by atoms with Crippen LogP contribution in [0.25, 0.3) is 11.3 Å². The van der Waals surface area contributed by atoms with Gasteiger partial charge in [0.05, 0.1) is 27.8 Å². The number of fused-ring (bicyclic) bond motifs is 1. The maximum Gasteiger partial charge on any atom is 0.334 e. The van der Waals surface area contributed by atoms with Gasteiger partial charge in [-0.05, 0) is 29.1 Å². The van der Waals surface area contributed by atoms with Crippen molar-refractivity contribution in [1.29, 1.82) is 0 Å². The van der Waals surface area contributed by atoms with Crippen molar-refractivity contribution in [3.05, 3.63) is 86.8 Å². The van der Waals surface area contributed by atoms with Crippen LogP contribution in [-0.4, -0.2) is 31.3 Å². The van der Waals surface area contributed by atoms with Crippen LogP contribution in [0, 0.1) is 5.82 Å². The number of anilines is 1. The molecule has 1 aliphatic heterocycles. The highest BCUT2D eigenvalue weighted by atomic mass is 35.5. The summed E-state index contributed by atoms with van der Waals surface area (Å²) in [6, 6.07) is 13.7. The molecular formula is C24H18ClFN2O6S. The number of benzene rings is 2. The first kappa shape index (κ1) is 24.4. The van der Waals surface area contributed by atoms with E-state index in [0.717, 1.165) is 17.7 Å². The van der Waals surface area contributed by atoms with Gasteiger partial charge < -0.3 is 19.9 Å². The average Bonchev–Trinajstić information content (AvgIpc) is 3.45. The third-order valence-corrected chi connectivity index (χ3v) is 6.07. The van der Waals surface area contributed by atoms with Gasteiger partial charge in [-0.25, -0.2) is 18.9 Å². The molecule has 0 spiro atoms. The zero-order chi connectivity index (χ0) is 24.9. The molecule has 35 heavy (non-hydrogen) atoms. The van der Waals surface area contributed by atoms with Crippen molar-refractivity contribution in [3.63, 3.8) is 0 Å². The fourth-order valence-corrected chi connectivity index (χ4v) is 4.28. The standard InChI is InChI=1S/C24H18ClFN2O6S/c25-16-10-18-15(9-17(16)26)21(23(30)28(18)24(27)31)22(19-7-4-8-35-19)34-13-33-20(29)12-32-11-14-5-2-1-3-6-14/h1-10H,11-13H2,(H2,27,31)/b22-21+. The van der Waals surface area contributed by atoms with Crippen molar-refractivity contribution >= 4 is 57.9 Å². The first-order chi connectivity index (χ1) is 16.9. The summed E-state index contributed by atoms with van der Waals surface area (Å²) in [5, 5.41) is 1.45. The van der Waals surface area contributed by atoms with Gasteiger partial charge in [-0.15, -0.1) is 11.3 Å². The summed E-state index contributed by atoms with van der Waals surface area (Å²) < 4.78 is 30.4. The molecule has 0 saturated carbocycles. The third-order valence-electron chi connectivity index (χ3n) is 4.91. The number of carbonyl (C=O) groups is 3. The maximum atomic E-state index is 14.3. The number of amides is 3. The van der Waals surface area contributed by atoms with Crippen LogP contribution in [0.5, 0.6) is 0 Å². The van der Waals surface area contributed by atoms with E-state index in [4.69, 9.17) is 31.5 Å². The highest BCUT2D eigenvalue weighted by Gasteiger charge is 2.40. The number of hydrogen-bond donors (Lipinski definition) is 1. The minimum absolute atomic E-state index is 0.00488. The number of esters is 1. The molecule has 0 radical (unpaired) electrons. The van der Waals surface area contributed by atoms with Crippen molar-refractivity contribution in [3.8, 4) is 0 Å². The van der Waals surface area contributed by atoms with Crippen LogP contribution in [0.3, 0.4) is 0 Å². The summed E-state index contributed by atoms with van der Waals surface area (Å²) in [6.45, 7) is -0.646. The zero-order valence-electron chi connectivity index (χ0n) is 18.0. The van der Waals surface area contributed by atoms with Crippen molar-refractivity contribution in [2.24, 2.45) is 5.73 Å². The number of hydrogen-bond acceptors (Lipinski definition) is 7. The van der Waals surface area contributed by atoms with Crippen LogP contribution in [0.2, 0.25) is 5.02 Å². The lowest BCUT2D eigenvalue weighted by Crippen LogP contribution is -2.38. The van der Waals surface area contributed by atoms with Gasteiger partial charge in [0.25, 0.3) is 5.91 Å². The molecule has 4 rings (SSSR count). The second kappa shape index (κ2) is 10.7. The number of nitrogens with zero attached hydrogens (tertiary/aromatic N) is 1. The van der Waals surface area contributed by atoms with Crippen LogP contribution in [0.1, 0.15) is 16.0 Å². The van der Waals surface area contributed by atoms with E-state index >= 15 is 0 Å². The van der Waals surface area contributed by atoms with E-state index in [1.165, 1.54) is 11.3 Å². The van der Waals surface area contributed by atoms with E-state index in [1.807, 2.05) is 30.3 Å². The molecule has 0 atom stereocenters. The fraction of sp³-hybridized carbons (Fsp3) is 0.125. The number of urea groups is 1. The summed E-state index contributed by atoms with van der Waals surface area (Å²) in [4.78, 5) is 38.3. The third kappa shape index (κ3) is 5.35. The van der Waals surface area contributed by atoms with E-state index in [1.54, 1.807) is 17.5 Å². The van der Waals surface area contributed by atoms with Crippen molar-refractivity contribution in [1.82, 2.24) is 0 Å². The number of carbonyl (C=O) groups excluding carboxylic acids is 3. The average molecular weight is 517 g/mol. The zero-order valence-corrected chi connectivity index (χ0v) is 19.6. The van der Waals surface area contributed by atoms with Crippen LogP contribution in [-0.2, 0) is 30.4 Å². The highest BCUT2D eigenvalue weighted by molar-refractivity contribution is 7.11. The van der Waals surface area contributed by atoms with Crippen molar-refractivity contribution in [2.45, 2.75) is 6.61 Å². The molecule has 0 saturated heterocycles. The molecule has 2 heterocycles. The topological polar surface area (TPSA) is 108 Å². The summed E-state index contributed by atoms with van der Waals surface area (Å²) in [6.07, 6.45) is 0. The smallest absolute Gasteiger partial charge is 0.334 e. The van der Waals surface area contributed by atoms with Gasteiger partial charge >= 0.3 is 12.0 Å². The Labute approximate surface area is 208 Å². The Hall–Kier alpha value is -3.73. The van der Waals surface area contributed by atoms with E-state index in [0.29, 0.717) is 9.78 Å². The summed E-state index contributed by atoms with van der Waals surface area (Å²) in [5.41, 5.74) is 6.25. The second-order valence-electron chi connectivity index (χ2n) is 7.20. The molecule has 180 valence electrons. The minimum Gasteiger partial charge on any atom is -0.455 e. The molecule has 0 unspecified atom stereocenters. The number of imide groups is 1. The van der Waals surface area contributed by atoms with E-state index in [2.05, 4.69) is 0 Å². The molecule has 2 aromatic carbocycles. The Kier molecular flexibility index (Phi) is 7.45. The molecule has 1 aromatic heterocycles. The van der Waals surface area contributed by atoms with Crippen LogP contribution < -0.4 is 10.6 Å². The Morgan fingerprint density at radius 1 is 1.09 bits per heavy atom. The number of thiophene rings is 1. The predicted octanol–water partition coefficient (Wildman–Crippen LogP) is 4.57. The second-order valence-corrected chi connectivity index (χ2v) is 8.56. The highest BCUT2D eigenvalue weighted by Crippen LogP contribution is 2.43. The Morgan fingerprint density at radius 3 is 2.54 bits per heavy atom. The van der Waals surface area contributed by atoms with Crippen LogP contribution >= 0.6 is 22.9 Å². The van der Waals surface area contributed by atoms with Crippen LogP contribution in [0.15, 0.2) is 60.0 Å². The van der Waals surface area contributed by atoms with Crippen LogP contribution in [0.4, 0.5) is 14.9 Å². The molecule has 0 fully saturated rings.